The van der Waals surface area contributed by atoms with Crippen LogP contribution in [0.3, 0.4) is 0 Å². The standard InChI is InChI=1S/C20H23IN2O3/c1-3-4-11-26-15-9-10-18(14(2)12-15)23-19(24)13-22-20(25)16-7-5-6-8-17(16)21/h5-10,12H,3-4,11,13H2,1-2H3,(H,22,25)(H,23,24). The largest absolute Gasteiger partial charge is 0.494 e. The fourth-order valence-electron chi connectivity index (χ4n) is 2.30. The topological polar surface area (TPSA) is 67.4 Å². The smallest absolute Gasteiger partial charge is 0.252 e. The number of rotatable bonds is 8. The Morgan fingerprint density at radius 1 is 1.15 bits per heavy atom. The predicted molar refractivity (Wildman–Crippen MR) is 112 cm³/mol. The van der Waals surface area contributed by atoms with Gasteiger partial charge in [-0.3, -0.25) is 9.59 Å². The lowest BCUT2D eigenvalue weighted by Gasteiger charge is -2.12. The molecule has 2 rings (SSSR count). The number of anilines is 1. The van der Waals surface area contributed by atoms with E-state index in [0.717, 1.165) is 27.7 Å². The molecule has 2 aromatic carbocycles. The number of hydrogen-bond donors (Lipinski definition) is 2. The summed E-state index contributed by atoms with van der Waals surface area (Å²) < 4.78 is 6.50. The summed E-state index contributed by atoms with van der Waals surface area (Å²) in [4.78, 5) is 24.3. The second kappa shape index (κ2) is 10.2. The molecule has 0 unspecified atom stereocenters. The highest BCUT2D eigenvalue weighted by molar-refractivity contribution is 14.1. The highest BCUT2D eigenvalue weighted by atomic mass is 127. The molecule has 0 aliphatic rings. The van der Waals surface area contributed by atoms with Crippen molar-refractivity contribution >= 4 is 40.1 Å². The molecule has 0 radical (unpaired) electrons. The van der Waals surface area contributed by atoms with Gasteiger partial charge in [-0.15, -0.1) is 0 Å². The molecule has 0 fully saturated rings. The number of ether oxygens (including phenoxy) is 1. The number of unbranched alkanes of at least 4 members (excludes halogenated alkanes) is 1. The fraction of sp³-hybridized carbons (Fsp3) is 0.300. The van der Waals surface area contributed by atoms with E-state index in [1.807, 2.05) is 37.3 Å². The van der Waals surface area contributed by atoms with Crippen LogP contribution in [0.5, 0.6) is 5.75 Å². The molecule has 0 saturated heterocycles. The zero-order valence-electron chi connectivity index (χ0n) is 15.0. The molecule has 0 atom stereocenters. The van der Waals surface area contributed by atoms with Gasteiger partial charge in [0.2, 0.25) is 5.91 Å². The normalized spacial score (nSPS) is 10.3. The quantitative estimate of drug-likeness (QED) is 0.454. The maximum Gasteiger partial charge on any atom is 0.252 e. The summed E-state index contributed by atoms with van der Waals surface area (Å²) in [6.07, 6.45) is 2.10. The van der Waals surface area contributed by atoms with Crippen molar-refractivity contribution in [2.75, 3.05) is 18.5 Å². The third-order valence-electron chi connectivity index (χ3n) is 3.77. The zero-order chi connectivity index (χ0) is 18.9. The van der Waals surface area contributed by atoms with E-state index in [1.54, 1.807) is 12.1 Å². The fourth-order valence-corrected chi connectivity index (χ4v) is 2.93. The molecule has 6 heteroatoms. The van der Waals surface area contributed by atoms with Gasteiger partial charge in [-0.25, -0.2) is 0 Å². The Labute approximate surface area is 167 Å². The van der Waals surface area contributed by atoms with E-state index < -0.39 is 0 Å². The van der Waals surface area contributed by atoms with Gasteiger partial charge in [0, 0.05) is 9.26 Å². The first-order chi connectivity index (χ1) is 12.5. The molecule has 0 heterocycles. The van der Waals surface area contributed by atoms with Crippen LogP contribution in [0.15, 0.2) is 42.5 Å². The van der Waals surface area contributed by atoms with Crippen molar-refractivity contribution in [1.29, 1.82) is 0 Å². The number of amides is 2. The third-order valence-corrected chi connectivity index (χ3v) is 4.71. The minimum Gasteiger partial charge on any atom is -0.494 e. The van der Waals surface area contributed by atoms with Crippen molar-refractivity contribution in [3.63, 3.8) is 0 Å². The Morgan fingerprint density at radius 3 is 2.62 bits per heavy atom. The molecular weight excluding hydrogens is 443 g/mol. The number of halogens is 1. The molecule has 138 valence electrons. The lowest BCUT2D eigenvalue weighted by atomic mass is 10.2. The summed E-state index contributed by atoms with van der Waals surface area (Å²) in [5, 5.41) is 5.46. The van der Waals surface area contributed by atoms with Crippen molar-refractivity contribution in [3.8, 4) is 5.75 Å². The van der Waals surface area contributed by atoms with Crippen LogP contribution in [0.2, 0.25) is 0 Å². The van der Waals surface area contributed by atoms with Gasteiger partial charge in [-0.05, 0) is 71.8 Å². The molecule has 26 heavy (non-hydrogen) atoms. The summed E-state index contributed by atoms with van der Waals surface area (Å²) in [5.74, 6) is 0.259. The van der Waals surface area contributed by atoms with E-state index in [2.05, 4.69) is 40.1 Å². The molecule has 0 aliphatic heterocycles. The molecule has 2 amide bonds. The molecule has 0 spiro atoms. The molecule has 0 saturated carbocycles. The Morgan fingerprint density at radius 2 is 1.92 bits per heavy atom. The monoisotopic (exact) mass is 466 g/mol. The highest BCUT2D eigenvalue weighted by Crippen LogP contribution is 2.21. The third kappa shape index (κ3) is 6.01. The van der Waals surface area contributed by atoms with Gasteiger partial charge in [-0.2, -0.15) is 0 Å². The van der Waals surface area contributed by atoms with Gasteiger partial charge in [0.1, 0.15) is 5.75 Å². The van der Waals surface area contributed by atoms with Crippen LogP contribution in [-0.2, 0) is 4.79 Å². The van der Waals surface area contributed by atoms with Crippen molar-refractivity contribution < 1.29 is 14.3 Å². The average molecular weight is 466 g/mol. The van der Waals surface area contributed by atoms with Crippen molar-refractivity contribution in [2.45, 2.75) is 26.7 Å². The Kier molecular flexibility index (Phi) is 7.90. The molecular formula is C20H23IN2O3. The van der Waals surface area contributed by atoms with E-state index in [-0.39, 0.29) is 18.4 Å². The lowest BCUT2D eigenvalue weighted by Crippen LogP contribution is -2.33. The Bertz CT molecular complexity index is 777. The second-order valence-electron chi connectivity index (χ2n) is 5.89. The maximum atomic E-state index is 12.1. The van der Waals surface area contributed by atoms with Gasteiger partial charge in [0.25, 0.3) is 5.91 Å². The number of aryl methyl sites for hydroxylation is 1. The summed E-state index contributed by atoms with van der Waals surface area (Å²) in [6, 6.07) is 12.8. The van der Waals surface area contributed by atoms with E-state index in [0.29, 0.717) is 17.9 Å². The second-order valence-corrected chi connectivity index (χ2v) is 7.05. The van der Waals surface area contributed by atoms with Crippen LogP contribution in [0, 0.1) is 10.5 Å². The predicted octanol–water partition coefficient (Wildman–Crippen LogP) is 4.15. The van der Waals surface area contributed by atoms with Crippen LogP contribution < -0.4 is 15.4 Å². The van der Waals surface area contributed by atoms with Crippen LogP contribution in [-0.4, -0.2) is 25.0 Å². The van der Waals surface area contributed by atoms with E-state index in [1.165, 1.54) is 0 Å². The van der Waals surface area contributed by atoms with Gasteiger partial charge in [0.15, 0.2) is 0 Å². The minimum absolute atomic E-state index is 0.0853. The molecule has 5 nitrogen and oxygen atoms in total. The first-order valence-corrected chi connectivity index (χ1v) is 9.65. The van der Waals surface area contributed by atoms with Gasteiger partial charge in [0.05, 0.1) is 18.7 Å². The minimum atomic E-state index is -0.271. The van der Waals surface area contributed by atoms with Crippen molar-refractivity contribution in [2.24, 2.45) is 0 Å². The summed E-state index contributed by atoms with van der Waals surface area (Å²) >= 11 is 2.10. The van der Waals surface area contributed by atoms with E-state index in [9.17, 15) is 9.59 Å². The molecule has 0 bridgehead atoms. The lowest BCUT2D eigenvalue weighted by molar-refractivity contribution is -0.115. The first kappa shape index (κ1) is 20.2. The van der Waals surface area contributed by atoms with Crippen LogP contribution in [0.25, 0.3) is 0 Å². The SMILES string of the molecule is CCCCOc1ccc(NC(=O)CNC(=O)c2ccccc2I)c(C)c1. The summed E-state index contributed by atoms with van der Waals surface area (Å²) in [6.45, 7) is 4.63. The van der Waals surface area contributed by atoms with E-state index >= 15 is 0 Å². The van der Waals surface area contributed by atoms with Gasteiger partial charge >= 0.3 is 0 Å². The highest BCUT2D eigenvalue weighted by Gasteiger charge is 2.11. The number of carbonyl (C=O) groups is 2. The summed E-state index contributed by atoms with van der Waals surface area (Å²) in [7, 11) is 0. The Hall–Kier alpha value is -2.09. The van der Waals surface area contributed by atoms with Gasteiger partial charge < -0.3 is 15.4 Å². The zero-order valence-corrected chi connectivity index (χ0v) is 17.1. The number of carbonyl (C=O) groups excluding carboxylic acids is 2. The van der Waals surface area contributed by atoms with Gasteiger partial charge in [-0.1, -0.05) is 25.5 Å². The van der Waals surface area contributed by atoms with Crippen molar-refractivity contribution in [1.82, 2.24) is 5.32 Å². The number of nitrogens with one attached hydrogen (secondary N) is 2. The summed E-state index contributed by atoms with van der Waals surface area (Å²) in [5.41, 5.74) is 2.18. The number of hydrogen-bond acceptors (Lipinski definition) is 3. The number of benzene rings is 2. The van der Waals surface area contributed by atoms with E-state index in [4.69, 9.17) is 4.74 Å². The molecule has 0 aromatic heterocycles. The maximum absolute atomic E-state index is 12.1. The van der Waals surface area contributed by atoms with Crippen molar-refractivity contribution in [3.05, 3.63) is 57.2 Å². The molecule has 2 N–H and O–H groups in total. The van der Waals surface area contributed by atoms with Crippen LogP contribution >= 0.6 is 22.6 Å². The molecule has 2 aromatic rings. The van der Waals surface area contributed by atoms with Crippen LogP contribution in [0.1, 0.15) is 35.7 Å². The molecule has 0 aliphatic carbocycles. The van der Waals surface area contributed by atoms with Crippen LogP contribution in [0.4, 0.5) is 5.69 Å². The Balaban J connectivity index is 1.87. The average Bonchev–Trinajstić information content (AvgIpc) is 2.62. The first-order valence-electron chi connectivity index (χ1n) is 8.57.